The lowest BCUT2D eigenvalue weighted by atomic mass is 9.51. The van der Waals surface area contributed by atoms with E-state index in [9.17, 15) is 4.79 Å². The first-order chi connectivity index (χ1) is 6.78. The van der Waals surface area contributed by atoms with Crippen LogP contribution in [0.2, 0.25) is 0 Å². The van der Waals surface area contributed by atoms with Crippen LogP contribution in [0.25, 0.3) is 0 Å². The molecule has 0 aromatic heterocycles. The molecule has 4 aliphatic carbocycles. The molecule has 0 spiro atoms. The number of rotatable bonds is 2. The lowest BCUT2D eigenvalue weighted by molar-refractivity contribution is -0.130. The van der Waals surface area contributed by atoms with Gasteiger partial charge < -0.3 is 0 Å². The van der Waals surface area contributed by atoms with Crippen LogP contribution in [-0.2, 0) is 4.79 Å². The fourth-order valence-corrected chi connectivity index (χ4v) is 4.53. The minimum Gasteiger partial charge on any atom is -0.295 e. The third-order valence-electron chi connectivity index (χ3n) is 4.76. The summed E-state index contributed by atoms with van der Waals surface area (Å²) >= 11 is 0. The molecular formula is C13H18O. The van der Waals surface area contributed by atoms with Gasteiger partial charge in [-0.25, -0.2) is 0 Å². The van der Waals surface area contributed by atoms with Crippen LogP contribution in [0.5, 0.6) is 0 Å². The number of carbonyl (C=O) groups excluding carboxylic acids is 1. The summed E-state index contributed by atoms with van der Waals surface area (Å²) in [6.45, 7) is 3.64. The molecule has 0 atom stereocenters. The minimum absolute atomic E-state index is 0.332. The van der Waals surface area contributed by atoms with E-state index in [0.717, 1.165) is 23.7 Å². The molecule has 4 rings (SSSR count). The van der Waals surface area contributed by atoms with Crippen LogP contribution in [-0.4, -0.2) is 5.78 Å². The molecule has 0 radical (unpaired) electrons. The van der Waals surface area contributed by atoms with Crippen molar-refractivity contribution < 1.29 is 4.79 Å². The number of carbonyl (C=O) groups is 1. The van der Waals surface area contributed by atoms with E-state index < -0.39 is 0 Å². The Bertz CT molecular complexity index is 251. The molecule has 4 aliphatic rings. The summed E-state index contributed by atoms with van der Waals surface area (Å²) in [5.74, 6) is 4.06. The zero-order chi connectivity index (χ0) is 9.71. The average Bonchev–Trinajstić information content (AvgIpc) is 2.15. The molecule has 0 amide bonds. The molecule has 0 N–H and O–H groups in total. The molecule has 0 saturated heterocycles. The van der Waals surface area contributed by atoms with Gasteiger partial charge in [-0.05, 0) is 61.9 Å². The SMILES string of the molecule is C=CC(=O)C1C2CC3CC(C2)CC1C3. The van der Waals surface area contributed by atoms with E-state index in [1.165, 1.54) is 32.1 Å². The Balaban J connectivity index is 1.87. The number of allylic oxidation sites excluding steroid dienone is 1. The molecule has 76 valence electrons. The van der Waals surface area contributed by atoms with Gasteiger partial charge in [-0.3, -0.25) is 4.79 Å². The first-order valence-electron chi connectivity index (χ1n) is 5.94. The van der Waals surface area contributed by atoms with Crippen molar-refractivity contribution in [3.05, 3.63) is 12.7 Å². The highest BCUT2D eigenvalue weighted by atomic mass is 16.1. The van der Waals surface area contributed by atoms with Crippen LogP contribution in [0.4, 0.5) is 0 Å². The van der Waals surface area contributed by atoms with Crippen LogP contribution in [0.3, 0.4) is 0 Å². The predicted molar refractivity (Wildman–Crippen MR) is 55.7 cm³/mol. The number of hydrogen-bond acceptors (Lipinski definition) is 1. The minimum atomic E-state index is 0.332. The van der Waals surface area contributed by atoms with Crippen LogP contribution in [0, 0.1) is 29.6 Å². The molecule has 0 unspecified atom stereocenters. The van der Waals surface area contributed by atoms with Crippen LogP contribution >= 0.6 is 0 Å². The standard InChI is InChI=1S/C13H18O/c1-2-12(14)13-10-4-8-3-9(6-10)7-11(13)5-8/h2,8-11,13H,1,3-7H2. The predicted octanol–water partition coefficient (Wildman–Crippen LogP) is 2.81. The zero-order valence-electron chi connectivity index (χ0n) is 8.61. The average molecular weight is 190 g/mol. The molecule has 14 heavy (non-hydrogen) atoms. The normalized spacial score (nSPS) is 49.3. The first-order valence-corrected chi connectivity index (χ1v) is 5.94. The van der Waals surface area contributed by atoms with E-state index in [1.54, 1.807) is 6.08 Å². The number of ketones is 1. The summed E-state index contributed by atoms with van der Waals surface area (Å²) in [7, 11) is 0. The van der Waals surface area contributed by atoms with Crippen molar-refractivity contribution >= 4 is 5.78 Å². The van der Waals surface area contributed by atoms with Crippen molar-refractivity contribution in [2.45, 2.75) is 32.1 Å². The molecule has 0 aromatic rings. The highest BCUT2D eigenvalue weighted by Gasteiger charge is 2.49. The van der Waals surface area contributed by atoms with Crippen LogP contribution in [0.1, 0.15) is 32.1 Å². The quantitative estimate of drug-likeness (QED) is 0.612. The first kappa shape index (κ1) is 8.70. The van der Waals surface area contributed by atoms with E-state index in [-0.39, 0.29) is 0 Å². The highest BCUT2D eigenvalue weighted by Crippen LogP contribution is 2.56. The second-order valence-corrected chi connectivity index (χ2v) is 5.56. The van der Waals surface area contributed by atoms with Gasteiger partial charge in [0.1, 0.15) is 0 Å². The van der Waals surface area contributed by atoms with E-state index >= 15 is 0 Å². The van der Waals surface area contributed by atoms with E-state index in [4.69, 9.17) is 0 Å². The Morgan fingerprint density at radius 3 is 1.93 bits per heavy atom. The second kappa shape index (κ2) is 2.95. The van der Waals surface area contributed by atoms with E-state index in [1.807, 2.05) is 0 Å². The van der Waals surface area contributed by atoms with Gasteiger partial charge in [0.25, 0.3) is 0 Å². The maximum absolute atomic E-state index is 11.8. The summed E-state index contributed by atoms with van der Waals surface area (Å²) in [4.78, 5) is 11.8. The summed E-state index contributed by atoms with van der Waals surface area (Å²) in [6.07, 6.45) is 8.35. The summed E-state index contributed by atoms with van der Waals surface area (Å²) in [6, 6.07) is 0. The van der Waals surface area contributed by atoms with Gasteiger partial charge in [-0.1, -0.05) is 6.58 Å². The molecule has 1 heteroatoms. The highest BCUT2D eigenvalue weighted by molar-refractivity contribution is 5.91. The van der Waals surface area contributed by atoms with Gasteiger partial charge in [0.05, 0.1) is 0 Å². The second-order valence-electron chi connectivity index (χ2n) is 5.56. The third kappa shape index (κ3) is 1.11. The summed E-state index contributed by atoms with van der Waals surface area (Å²) in [5, 5.41) is 0. The molecule has 0 aliphatic heterocycles. The maximum atomic E-state index is 11.8. The Hall–Kier alpha value is -0.590. The summed E-state index contributed by atoms with van der Waals surface area (Å²) in [5.41, 5.74) is 0. The molecular weight excluding hydrogens is 172 g/mol. The van der Waals surface area contributed by atoms with Crippen LogP contribution in [0.15, 0.2) is 12.7 Å². The van der Waals surface area contributed by atoms with Crippen LogP contribution < -0.4 is 0 Å². The van der Waals surface area contributed by atoms with E-state index in [2.05, 4.69) is 6.58 Å². The largest absolute Gasteiger partial charge is 0.295 e. The Labute approximate surface area is 85.6 Å². The Kier molecular flexibility index (Phi) is 1.83. The van der Waals surface area contributed by atoms with Gasteiger partial charge in [-0.15, -0.1) is 0 Å². The third-order valence-corrected chi connectivity index (χ3v) is 4.76. The number of hydrogen-bond donors (Lipinski definition) is 0. The van der Waals surface area contributed by atoms with Gasteiger partial charge in [0.15, 0.2) is 5.78 Å². The lowest BCUT2D eigenvalue weighted by Crippen LogP contribution is -2.47. The Morgan fingerprint density at radius 2 is 1.50 bits per heavy atom. The van der Waals surface area contributed by atoms with Crippen molar-refractivity contribution in [2.24, 2.45) is 29.6 Å². The lowest BCUT2D eigenvalue weighted by Gasteiger charge is -2.53. The molecule has 0 aromatic carbocycles. The fraction of sp³-hybridized carbons (Fsp3) is 0.769. The topological polar surface area (TPSA) is 17.1 Å². The molecule has 4 saturated carbocycles. The summed E-state index contributed by atoms with van der Waals surface area (Å²) < 4.78 is 0. The van der Waals surface area contributed by atoms with Crippen molar-refractivity contribution in [2.75, 3.05) is 0 Å². The van der Waals surface area contributed by atoms with Gasteiger partial charge in [-0.2, -0.15) is 0 Å². The van der Waals surface area contributed by atoms with Crippen molar-refractivity contribution in [1.29, 1.82) is 0 Å². The van der Waals surface area contributed by atoms with E-state index in [0.29, 0.717) is 11.7 Å². The Morgan fingerprint density at radius 1 is 1.00 bits per heavy atom. The molecule has 1 nitrogen and oxygen atoms in total. The van der Waals surface area contributed by atoms with Crippen molar-refractivity contribution in [3.63, 3.8) is 0 Å². The van der Waals surface area contributed by atoms with Crippen molar-refractivity contribution in [1.82, 2.24) is 0 Å². The zero-order valence-corrected chi connectivity index (χ0v) is 8.61. The monoisotopic (exact) mass is 190 g/mol. The van der Waals surface area contributed by atoms with Crippen molar-refractivity contribution in [3.8, 4) is 0 Å². The smallest absolute Gasteiger partial charge is 0.158 e. The maximum Gasteiger partial charge on any atom is 0.158 e. The van der Waals surface area contributed by atoms with Gasteiger partial charge in [0, 0.05) is 5.92 Å². The fourth-order valence-electron chi connectivity index (χ4n) is 4.53. The molecule has 0 heterocycles. The molecule has 4 fully saturated rings. The van der Waals surface area contributed by atoms with Gasteiger partial charge in [0.2, 0.25) is 0 Å². The van der Waals surface area contributed by atoms with Gasteiger partial charge >= 0.3 is 0 Å². The molecule has 4 bridgehead atoms.